The fourth-order valence-electron chi connectivity index (χ4n) is 3.75. The van der Waals surface area contributed by atoms with Crippen molar-refractivity contribution < 1.29 is 22.0 Å². The Kier molecular flexibility index (Phi) is 5.81. The quantitative estimate of drug-likeness (QED) is 0.602. The van der Waals surface area contributed by atoms with Crippen LogP contribution >= 0.6 is 0 Å². The lowest BCUT2D eigenvalue weighted by atomic mass is 10.0. The highest BCUT2D eigenvalue weighted by Crippen LogP contribution is 2.28. The number of fused-ring (bicyclic) bond motifs is 1. The highest BCUT2D eigenvalue weighted by Gasteiger charge is 2.23. The largest absolute Gasteiger partial charge is 0.345 e. The van der Waals surface area contributed by atoms with Crippen LogP contribution in [0.15, 0.2) is 36.5 Å². The maximum atomic E-state index is 14.7. The van der Waals surface area contributed by atoms with Crippen LogP contribution in [0.1, 0.15) is 59.7 Å². The van der Waals surface area contributed by atoms with Gasteiger partial charge < -0.3 is 5.32 Å². The van der Waals surface area contributed by atoms with Gasteiger partial charge in [-0.3, -0.25) is 9.89 Å². The van der Waals surface area contributed by atoms with Crippen LogP contribution in [0.3, 0.4) is 0 Å². The van der Waals surface area contributed by atoms with E-state index in [-0.39, 0.29) is 28.2 Å². The first-order valence-electron chi connectivity index (χ1n) is 10.1. The number of H-pyrrole nitrogens is 1. The Morgan fingerprint density at radius 3 is 2.69 bits per heavy atom. The number of allylic oxidation sites excluding steroid dienone is 1. The van der Waals surface area contributed by atoms with Crippen molar-refractivity contribution in [2.75, 3.05) is 11.5 Å². The number of nitrogens with one attached hydrogen (secondary N) is 2. The molecule has 168 valence electrons. The van der Waals surface area contributed by atoms with E-state index in [1.807, 2.05) is 0 Å². The van der Waals surface area contributed by atoms with Gasteiger partial charge in [0.1, 0.15) is 17.5 Å². The van der Waals surface area contributed by atoms with Crippen molar-refractivity contribution in [2.45, 2.75) is 32.5 Å². The smallest absolute Gasteiger partial charge is 0.254 e. The average Bonchev–Trinajstić information content (AvgIpc) is 3.21. The Hall–Kier alpha value is -3.14. The number of aromatic nitrogens is 3. The van der Waals surface area contributed by atoms with Crippen molar-refractivity contribution in [2.24, 2.45) is 0 Å². The van der Waals surface area contributed by atoms with Crippen LogP contribution in [0.25, 0.3) is 16.6 Å². The molecule has 2 atom stereocenters. The van der Waals surface area contributed by atoms with E-state index in [9.17, 15) is 22.0 Å². The summed E-state index contributed by atoms with van der Waals surface area (Å²) in [6.45, 7) is 2.87. The van der Waals surface area contributed by atoms with Gasteiger partial charge in [-0.1, -0.05) is 24.3 Å². The number of amides is 1. The van der Waals surface area contributed by atoms with Gasteiger partial charge in [0.05, 0.1) is 40.5 Å². The number of aromatic amines is 1. The number of hydrogen-bond acceptors (Lipinski definition) is 5. The summed E-state index contributed by atoms with van der Waals surface area (Å²) >= 11 is 0. The number of pyridine rings is 1. The van der Waals surface area contributed by atoms with Crippen LogP contribution in [0, 0.1) is 5.82 Å². The lowest BCUT2D eigenvalue weighted by Crippen LogP contribution is -2.28. The second kappa shape index (κ2) is 8.42. The summed E-state index contributed by atoms with van der Waals surface area (Å²) in [6, 6.07) is 5.27. The summed E-state index contributed by atoms with van der Waals surface area (Å²) in [5.41, 5.74) is 2.45. The lowest BCUT2D eigenvalue weighted by molar-refractivity contribution is 0.0940. The van der Waals surface area contributed by atoms with Crippen LogP contribution in [0.2, 0.25) is 0 Å². The molecule has 4 rings (SSSR count). The summed E-state index contributed by atoms with van der Waals surface area (Å²) in [7, 11) is -3.11. The number of benzene rings is 1. The normalized spacial score (nSPS) is 17.6. The second-order valence-electron chi connectivity index (χ2n) is 7.84. The Morgan fingerprint density at radius 1 is 1.25 bits per heavy atom. The zero-order valence-electron chi connectivity index (χ0n) is 17.5. The minimum atomic E-state index is -3.11. The van der Waals surface area contributed by atoms with E-state index in [1.54, 1.807) is 25.1 Å². The highest BCUT2D eigenvalue weighted by molar-refractivity contribution is 7.91. The van der Waals surface area contributed by atoms with Crippen molar-refractivity contribution in [3.05, 3.63) is 64.7 Å². The van der Waals surface area contributed by atoms with Crippen LogP contribution < -0.4 is 5.32 Å². The Labute approximate surface area is 183 Å². The number of nitrogens with zero attached hydrogens (tertiary/aromatic N) is 2. The Balaban J connectivity index is 1.66. The molecule has 1 unspecified atom stereocenters. The summed E-state index contributed by atoms with van der Waals surface area (Å²) in [4.78, 5) is 17.6. The molecule has 0 saturated carbocycles. The van der Waals surface area contributed by atoms with Gasteiger partial charge in [0, 0.05) is 11.1 Å². The van der Waals surface area contributed by atoms with E-state index >= 15 is 0 Å². The van der Waals surface area contributed by atoms with Crippen molar-refractivity contribution in [1.82, 2.24) is 20.5 Å². The molecule has 2 aromatic heterocycles. The molecule has 7 nitrogen and oxygen atoms in total. The highest BCUT2D eigenvalue weighted by atomic mass is 32.2. The predicted molar refractivity (Wildman–Crippen MR) is 117 cm³/mol. The van der Waals surface area contributed by atoms with Crippen LogP contribution in [-0.2, 0) is 9.84 Å². The van der Waals surface area contributed by atoms with E-state index < -0.39 is 33.8 Å². The Bertz CT molecular complexity index is 1330. The van der Waals surface area contributed by atoms with Crippen LogP contribution in [0.5, 0.6) is 0 Å². The molecule has 0 radical (unpaired) electrons. The molecule has 0 saturated heterocycles. The first-order valence-corrected chi connectivity index (χ1v) is 12.0. The molecule has 2 N–H and O–H groups in total. The molecular formula is C22H22F2N4O3S. The number of sulfone groups is 1. The van der Waals surface area contributed by atoms with Gasteiger partial charge in [-0.15, -0.1) is 0 Å². The molecule has 1 aromatic carbocycles. The second-order valence-corrected chi connectivity index (χ2v) is 10.1. The van der Waals surface area contributed by atoms with Crippen molar-refractivity contribution in [3.8, 4) is 0 Å². The van der Waals surface area contributed by atoms with E-state index in [1.165, 1.54) is 25.3 Å². The molecule has 1 amide bonds. The van der Waals surface area contributed by atoms with E-state index in [0.29, 0.717) is 23.1 Å². The monoisotopic (exact) mass is 460 g/mol. The van der Waals surface area contributed by atoms with E-state index in [2.05, 4.69) is 20.5 Å². The number of alkyl halides is 1. The minimum absolute atomic E-state index is 0.0190. The SMILES string of the molecule is CC(F)c1cccc([C@@H](C)NC(=O)c2cc(C3=CCS(=O)(=O)CC3)nc3cn[nH]c23)c1F. The molecule has 1 aliphatic heterocycles. The number of halogens is 2. The van der Waals surface area contributed by atoms with Gasteiger partial charge in [-0.2, -0.15) is 5.10 Å². The molecule has 1 aliphatic rings. The fourth-order valence-corrected chi connectivity index (χ4v) is 4.90. The molecular weight excluding hydrogens is 438 g/mol. The van der Waals surface area contributed by atoms with Crippen molar-refractivity contribution in [1.29, 1.82) is 0 Å². The third-order valence-corrected chi connectivity index (χ3v) is 7.05. The van der Waals surface area contributed by atoms with Crippen molar-refractivity contribution in [3.63, 3.8) is 0 Å². The predicted octanol–water partition coefficient (Wildman–Crippen LogP) is 3.82. The third-order valence-electron chi connectivity index (χ3n) is 5.55. The fraction of sp³-hybridized carbons (Fsp3) is 0.318. The molecule has 0 bridgehead atoms. The third kappa shape index (κ3) is 4.27. The van der Waals surface area contributed by atoms with Gasteiger partial charge >= 0.3 is 0 Å². The molecule has 0 aliphatic carbocycles. The summed E-state index contributed by atoms with van der Waals surface area (Å²) in [5.74, 6) is -1.23. The van der Waals surface area contributed by atoms with Crippen molar-refractivity contribution >= 4 is 32.4 Å². The maximum absolute atomic E-state index is 14.7. The van der Waals surface area contributed by atoms with Crippen LogP contribution in [-0.4, -0.2) is 41.0 Å². The van der Waals surface area contributed by atoms with Gasteiger partial charge in [-0.05, 0) is 31.9 Å². The number of hydrogen-bond donors (Lipinski definition) is 2. The molecule has 0 spiro atoms. The van der Waals surface area contributed by atoms with E-state index in [4.69, 9.17) is 0 Å². The van der Waals surface area contributed by atoms with Gasteiger partial charge in [0.2, 0.25) is 0 Å². The summed E-state index contributed by atoms with van der Waals surface area (Å²) in [6.07, 6.45) is 1.91. The topological polar surface area (TPSA) is 105 Å². The van der Waals surface area contributed by atoms with E-state index in [0.717, 1.165) is 5.57 Å². The first kappa shape index (κ1) is 22.1. The lowest BCUT2D eigenvalue weighted by Gasteiger charge is -2.18. The molecule has 0 fully saturated rings. The minimum Gasteiger partial charge on any atom is -0.345 e. The molecule has 3 aromatic rings. The molecule has 32 heavy (non-hydrogen) atoms. The summed E-state index contributed by atoms with van der Waals surface area (Å²) in [5, 5.41) is 9.45. The van der Waals surface area contributed by atoms with Gasteiger partial charge in [0.25, 0.3) is 5.91 Å². The average molecular weight is 461 g/mol. The number of rotatable bonds is 5. The van der Waals surface area contributed by atoms with Crippen LogP contribution in [0.4, 0.5) is 8.78 Å². The number of carbonyl (C=O) groups excluding carboxylic acids is 1. The number of carbonyl (C=O) groups is 1. The zero-order chi connectivity index (χ0) is 23.0. The zero-order valence-corrected chi connectivity index (χ0v) is 18.3. The summed E-state index contributed by atoms with van der Waals surface area (Å²) < 4.78 is 51.9. The maximum Gasteiger partial charge on any atom is 0.254 e. The molecule has 10 heteroatoms. The Morgan fingerprint density at radius 2 is 2.00 bits per heavy atom. The van der Waals surface area contributed by atoms with Gasteiger partial charge in [-0.25, -0.2) is 22.2 Å². The standard InChI is InChI=1S/C22H22F2N4O3S/c1-12(23)15-4-3-5-16(20(15)24)13(2)26-22(29)17-10-18(27-19-11-25-28-21(17)19)14-6-8-32(30,31)9-7-14/h3-6,10-13H,7-9H2,1-2H3,(H,25,28)(H,26,29)/t12?,13-/m1/s1. The van der Waals surface area contributed by atoms with Gasteiger partial charge in [0.15, 0.2) is 9.84 Å². The molecule has 3 heterocycles. The first-order chi connectivity index (χ1) is 15.2.